The van der Waals surface area contributed by atoms with Crippen molar-refractivity contribution in [3.8, 4) is 0 Å². The number of methoxy groups -OCH3 is 1. The van der Waals surface area contributed by atoms with Crippen LogP contribution in [0, 0.1) is 0 Å². The molecule has 2 aliphatic rings. The number of esters is 1. The lowest BCUT2D eigenvalue weighted by atomic mass is 9.77. The van der Waals surface area contributed by atoms with Crippen LogP contribution in [0.2, 0.25) is 0 Å². The molecule has 2 heterocycles. The van der Waals surface area contributed by atoms with Gasteiger partial charge in [-0.25, -0.2) is 4.79 Å². The molecule has 4 atom stereocenters. The Morgan fingerprint density at radius 3 is 2.61 bits per heavy atom. The third-order valence-corrected chi connectivity index (χ3v) is 6.66. The molecule has 5 nitrogen and oxygen atoms in total. The summed E-state index contributed by atoms with van der Waals surface area (Å²) in [7, 11) is 1.27. The number of β-lactam (4-membered cyclic amide) rings is 1. The number of nitrogens with zero attached hydrogens (tertiary/aromatic N) is 1. The molecule has 2 aliphatic heterocycles. The molecular weight excluding hydrogens is 322 g/mol. The highest BCUT2D eigenvalue weighted by Crippen LogP contribution is 2.59. The van der Waals surface area contributed by atoms with Gasteiger partial charge < -0.3 is 14.7 Å². The maximum Gasteiger partial charge on any atom is 0.336 e. The summed E-state index contributed by atoms with van der Waals surface area (Å²) in [6.07, 6.45) is -0.999. The first-order valence-corrected chi connectivity index (χ1v) is 7.43. The molecule has 1 unspecified atom stereocenters. The number of ether oxygens (including phenoxy) is 1. The molecule has 0 radical (unpaired) electrons. The van der Waals surface area contributed by atoms with Crippen molar-refractivity contribution in [1.82, 2.24) is 4.90 Å². The van der Waals surface area contributed by atoms with Gasteiger partial charge in [-0.3, -0.25) is 4.79 Å². The van der Waals surface area contributed by atoms with Crippen LogP contribution in [0.1, 0.15) is 20.8 Å². The van der Waals surface area contributed by atoms with Crippen LogP contribution in [0.5, 0.6) is 0 Å². The van der Waals surface area contributed by atoms with Gasteiger partial charge in [0, 0.05) is 4.75 Å². The van der Waals surface area contributed by atoms with E-state index in [9.17, 15) is 14.7 Å². The number of alkyl halides is 1. The maximum atomic E-state index is 12.2. The lowest BCUT2D eigenvalue weighted by Crippen LogP contribution is -2.75. The van der Waals surface area contributed by atoms with E-state index in [0.29, 0.717) is 0 Å². The van der Waals surface area contributed by atoms with Crippen molar-refractivity contribution in [2.24, 2.45) is 0 Å². The lowest BCUT2D eigenvalue weighted by molar-refractivity contribution is -0.179. The summed E-state index contributed by atoms with van der Waals surface area (Å²) in [4.78, 5) is 25.4. The topological polar surface area (TPSA) is 66.8 Å². The van der Waals surface area contributed by atoms with E-state index in [1.165, 1.54) is 30.7 Å². The Kier molecular flexibility index (Phi) is 3.23. The van der Waals surface area contributed by atoms with Crippen LogP contribution in [0.25, 0.3) is 0 Å². The van der Waals surface area contributed by atoms with Crippen molar-refractivity contribution in [2.45, 2.75) is 47.4 Å². The van der Waals surface area contributed by atoms with Crippen molar-refractivity contribution >= 4 is 39.6 Å². The van der Waals surface area contributed by atoms with Gasteiger partial charge in [-0.05, 0) is 20.8 Å². The van der Waals surface area contributed by atoms with E-state index in [1.54, 1.807) is 0 Å². The van der Waals surface area contributed by atoms with Gasteiger partial charge >= 0.3 is 5.97 Å². The van der Waals surface area contributed by atoms with E-state index in [2.05, 4.69) is 15.9 Å². The van der Waals surface area contributed by atoms with E-state index < -0.39 is 22.4 Å². The SMILES string of the molecule is COC(=O)[C@]1(C(C)O)N2C(=O)[C@@H](Br)[C@H]2SC1(C)C. The largest absolute Gasteiger partial charge is 0.467 e. The van der Waals surface area contributed by atoms with Crippen molar-refractivity contribution in [3.05, 3.63) is 0 Å². The van der Waals surface area contributed by atoms with Gasteiger partial charge in [0.1, 0.15) is 10.2 Å². The minimum Gasteiger partial charge on any atom is -0.467 e. The summed E-state index contributed by atoms with van der Waals surface area (Å²) >= 11 is 4.82. The molecule has 0 aromatic rings. The number of carbonyl (C=O) groups is 2. The molecule has 0 aromatic heterocycles. The van der Waals surface area contributed by atoms with Crippen molar-refractivity contribution < 1.29 is 19.4 Å². The van der Waals surface area contributed by atoms with Gasteiger partial charge in [-0.15, -0.1) is 11.8 Å². The second-order valence-corrected chi connectivity index (χ2v) is 7.79. The van der Waals surface area contributed by atoms with Gasteiger partial charge in [0.05, 0.1) is 13.2 Å². The average molecular weight is 338 g/mol. The number of fused-ring (bicyclic) bond motifs is 1. The first-order valence-electron chi connectivity index (χ1n) is 5.63. The van der Waals surface area contributed by atoms with Gasteiger partial charge in [0.25, 0.3) is 0 Å². The zero-order valence-electron chi connectivity index (χ0n) is 10.6. The number of aliphatic hydroxyl groups is 1. The summed E-state index contributed by atoms with van der Waals surface area (Å²) in [5, 5.41) is 10.0. The number of aliphatic hydroxyl groups excluding tert-OH is 1. The highest BCUT2D eigenvalue weighted by atomic mass is 79.9. The number of carbonyl (C=O) groups excluding carboxylic acids is 2. The molecule has 0 aromatic carbocycles. The van der Waals surface area contributed by atoms with E-state index in [-0.39, 0.29) is 16.1 Å². The number of hydrogen-bond donors (Lipinski definition) is 1. The summed E-state index contributed by atoms with van der Waals surface area (Å²) in [5.41, 5.74) is -1.32. The molecule has 2 rings (SSSR count). The van der Waals surface area contributed by atoms with Crippen LogP contribution < -0.4 is 0 Å². The van der Waals surface area contributed by atoms with Crippen molar-refractivity contribution in [3.63, 3.8) is 0 Å². The molecule has 0 spiro atoms. The van der Waals surface area contributed by atoms with Crippen LogP contribution in [-0.4, -0.2) is 55.6 Å². The summed E-state index contributed by atoms with van der Waals surface area (Å²) < 4.78 is 4.24. The third kappa shape index (κ3) is 1.38. The van der Waals surface area contributed by atoms with Crippen LogP contribution in [0.3, 0.4) is 0 Å². The van der Waals surface area contributed by atoms with Gasteiger partial charge in [-0.2, -0.15) is 0 Å². The van der Waals surface area contributed by atoms with E-state index >= 15 is 0 Å². The molecule has 2 saturated heterocycles. The van der Waals surface area contributed by atoms with E-state index in [1.807, 2.05) is 13.8 Å². The molecule has 102 valence electrons. The first-order chi connectivity index (χ1) is 8.21. The quantitative estimate of drug-likeness (QED) is 0.457. The van der Waals surface area contributed by atoms with Gasteiger partial charge in [0.15, 0.2) is 5.54 Å². The average Bonchev–Trinajstić information content (AvgIpc) is 2.54. The fourth-order valence-corrected chi connectivity index (χ4v) is 5.50. The van der Waals surface area contributed by atoms with Crippen molar-refractivity contribution in [1.29, 1.82) is 0 Å². The molecular formula is C11H16BrNO4S. The Hall–Kier alpha value is -0.270. The Morgan fingerprint density at radius 1 is 1.61 bits per heavy atom. The molecule has 1 amide bonds. The zero-order chi connectivity index (χ0) is 13.9. The smallest absolute Gasteiger partial charge is 0.336 e. The van der Waals surface area contributed by atoms with Crippen LogP contribution >= 0.6 is 27.7 Å². The maximum absolute atomic E-state index is 12.2. The van der Waals surface area contributed by atoms with Crippen molar-refractivity contribution in [2.75, 3.05) is 7.11 Å². The molecule has 1 N–H and O–H groups in total. The second-order valence-electron chi connectivity index (χ2n) is 5.06. The first kappa shape index (κ1) is 14.1. The molecule has 2 fully saturated rings. The van der Waals surface area contributed by atoms with Gasteiger partial charge in [-0.1, -0.05) is 15.9 Å². The minimum atomic E-state index is -1.32. The Morgan fingerprint density at radius 2 is 2.17 bits per heavy atom. The predicted molar refractivity (Wildman–Crippen MR) is 71.4 cm³/mol. The number of thioether (sulfide) groups is 1. The van der Waals surface area contributed by atoms with Crippen LogP contribution in [0.15, 0.2) is 0 Å². The fourth-order valence-electron chi connectivity index (χ4n) is 2.97. The second kappa shape index (κ2) is 4.11. The highest BCUT2D eigenvalue weighted by molar-refractivity contribution is 9.10. The number of halogens is 1. The molecule has 7 heteroatoms. The zero-order valence-corrected chi connectivity index (χ0v) is 13.0. The summed E-state index contributed by atoms with van der Waals surface area (Å²) in [6.45, 7) is 5.23. The van der Waals surface area contributed by atoms with E-state index in [4.69, 9.17) is 4.74 Å². The summed E-state index contributed by atoms with van der Waals surface area (Å²) in [6, 6.07) is 0. The standard InChI is InChI=1S/C11H16BrNO4S/c1-5(14)11(9(16)17-4)10(2,3)18-8-6(12)7(15)13(8)11/h5-6,8,14H,1-4H3/t5?,6-,8-,11+/m1/s1. The molecule has 0 aliphatic carbocycles. The molecule has 0 bridgehead atoms. The van der Waals surface area contributed by atoms with E-state index in [0.717, 1.165) is 0 Å². The Labute approximate surface area is 118 Å². The van der Waals surface area contributed by atoms with Gasteiger partial charge in [0.2, 0.25) is 5.91 Å². The number of amides is 1. The third-order valence-electron chi connectivity index (χ3n) is 3.79. The number of hydrogen-bond acceptors (Lipinski definition) is 5. The number of rotatable bonds is 2. The van der Waals surface area contributed by atoms with Crippen LogP contribution in [0.4, 0.5) is 0 Å². The highest BCUT2D eigenvalue weighted by Gasteiger charge is 2.74. The normalized spacial score (nSPS) is 39.0. The fraction of sp³-hybridized carbons (Fsp3) is 0.818. The Balaban J connectivity index is 2.56. The molecule has 0 saturated carbocycles. The summed E-state index contributed by atoms with van der Waals surface area (Å²) in [5.74, 6) is -0.741. The lowest BCUT2D eigenvalue weighted by Gasteiger charge is -2.50. The predicted octanol–water partition coefficient (Wildman–Crippen LogP) is 0.736. The monoisotopic (exact) mass is 337 g/mol. The molecule has 18 heavy (non-hydrogen) atoms. The van der Waals surface area contributed by atoms with Crippen LogP contribution in [-0.2, 0) is 14.3 Å². The minimum absolute atomic E-state index is 0.138. The Bertz CT molecular complexity index is 414.